The molecule has 6 rings (SSSR count). The Kier molecular flexibility index (Phi) is 7.72. The van der Waals surface area contributed by atoms with Crippen LogP contribution >= 0.6 is 0 Å². The summed E-state index contributed by atoms with van der Waals surface area (Å²) in [4.78, 5) is 38.0. The fraction of sp³-hybridized carbons (Fsp3) is 0.182. The lowest BCUT2D eigenvalue weighted by molar-refractivity contribution is 0.0949. The highest BCUT2D eigenvalue weighted by Gasteiger charge is 2.23. The monoisotopic (exact) mass is 560 g/mol. The highest BCUT2D eigenvalue weighted by atomic mass is 16.3. The topological polar surface area (TPSA) is 106 Å². The number of amides is 2. The van der Waals surface area contributed by atoms with E-state index in [1.807, 2.05) is 36.4 Å². The Balaban J connectivity index is 1.19. The molecule has 0 saturated carbocycles. The van der Waals surface area contributed by atoms with Crippen LogP contribution in [0.4, 0.5) is 17.1 Å². The van der Waals surface area contributed by atoms with Gasteiger partial charge in [0, 0.05) is 44.0 Å². The van der Waals surface area contributed by atoms with E-state index < -0.39 is 0 Å². The number of carbonyl (C=O) groups is 2. The maximum Gasteiger partial charge on any atom is 0.291 e. The first-order valence-electron chi connectivity index (χ1n) is 14.0. The highest BCUT2D eigenvalue weighted by molar-refractivity contribution is 6.05. The Morgan fingerprint density at radius 1 is 0.881 bits per heavy atom. The quantitative estimate of drug-likeness (QED) is 0.232. The van der Waals surface area contributed by atoms with E-state index in [0.717, 1.165) is 48.7 Å². The van der Waals surface area contributed by atoms with Crippen molar-refractivity contribution in [3.05, 3.63) is 120 Å². The summed E-state index contributed by atoms with van der Waals surface area (Å²) in [6.45, 7) is 5.72. The van der Waals surface area contributed by atoms with Crippen LogP contribution in [-0.2, 0) is 6.54 Å². The SMILES string of the molecule is Cc1ccccc1N1CCN(c2ccc(C(=O)NCc3cccc(-c4cnc[nH]4)c3)cc2NC(=O)c2ccco2)CC1. The van der Waals surface area contributed by atoms with Crippen molar-refractivity contribution in [2.45, 2.75) is 13.5 Å². The van der Waals surface area contributed by atoms with Crippen LogP contribution in [0.25, 0.3) is 11.3 Å². The van der Waals surface area contributed by atoms with Gasteiger partial charge in [-0.2, -0.15) is 0 Å². The molecule has 0 atom stereocenters. The van der Waals surface area contributed by atoms with Crippen molar-refractivity contribution < 1.29 is 14.0 Å². The standard InChI is InChI=1S/C33H32N6O3/c1-23-6-2-3-9-29(23)38-13-15-39(16-14-38)30-12-11-26(19-27(30)37-33(41)31-10-5-17-42-31)32(40)35-20-24-7-4-8-25(18-24)28-21-34-22-36-28/h2-12,17-19,21-22H,13-16,20H2,1H3,(H,34,36)(H,35,40)(H,37,41). The molecule has 1 saturated heterocycles. The molecule has 0 unspecified atom stereocenters. The van der Waals surface area contributed by atoms with E-state index in [-0.39, 0.29) is 17.6 Å². The summed E-state index contributed by atoms with van der Waals surface area (Å²) in [6.07, 6.45) is 4.87. The number of aromatic amines is 1. The van der Waals surface area contributed by atoms with E-state index in [1.165, 1.54) is 17.5 Å². The van der Waals surface area contributed by atoms with Crippen LogP contribution in [-0.4, -0.2) is 48.0 Å². The lowest BCUT2D eigenvalue weighted by Crippen LogP contribution is -2.47. The van der Waals surface area contributed by atoms with Crippen molar-refractivity contribution in [3.8, 4) is 11.3 Å². The normalized spacial score (nSPS) is 13.2. The number of nitrogens with one attached hydrogen (secondary N) is 3. The first-order chi connectivity index (χ1) is 20.5. The number of benzene rings is 3. The third-order valence-corrected chi connectivity index (χ3v) is 7.52. The number of H-pyrrole nitrogens is 1. The lowest BCUT2D eigenvalue weighted by Gasteiger charge is -2.38. The summed E-state index contributed by atoms with van der Waals surface area (Å²) in [6, 6.07) is 25.1. The van der Waals surface area contributed by atoms with Crippen LogP contribution in [0, 0.1) is 6.92 Å². The fourth-order valence-electron chi connectivity index (χ4n) is 5.30. The summed E-state index contributed by atoms with van der Waals surface area (Å²) in [5, 5.41) is 5.98. The van der Waals surface area contributed by atoms with Gasteiger partial charge in [0.1, 0.15) is 0 Å². The Morgan fingerprint density at radius 3 is 2.43 bits per heavy atom. The molecule has 1 fully saturated rings. The van der Waals surface area contributed by atoms with Gasteiger partial charge in [-0.15, -0.1) is 0 Å². The van der Waals surface area contributed by atoms with Gasteiger partial charge in [-0.3, -0.25) is 9.59 Å². The van der Waals surface area contributed by atoms with Gasteiger partial charge in [0.05, 0.1) is 35.9 Å². The molecule has 2 aromatic heterocycles. The van der Waals surface area contributed by atoms with Crippen LogP contribution in [0.2, 0.25) is 0 Å². The van der Waals surface area contributed by atoms with Gasteiger partial charge in [0.2, 0.25) is 0 Å². The average molecular weight is 561 g/mol. The molecule has 212 valence electrons. The van der Waals surface area contributed by atoms with Gasteiger partial charge in [0.25, 0.3) is 11.8 Å². The van der Waals surface area contributed by atoms with E-state index in [9.17, 15) is 9.59 Å². The Labute approximate surface area is 244 Å². The summed E-state index contributed by atoms with van der Waals surface area (Å²) in [7, 11) is 0. The maximum absolute atomic E-state index is 13.2. The van der Waals surface area contributed by atoms with Crippen molar-refractivity contribution in [1.82, 2.24) is 15.3 Å². The number of piperazine rings is 1. The number of rotatable bonds is 8. The molecule has 0 spiro atoms. The van der Waals surface area contributed by atoms with Crippen LogP contribution < -0.4 is 20.4 Å². The third kappa shape index (κ3) is 5.90. The van der Waals surface area contributed by atoms with Crippen molar-refractivity contribution in [2.75, 3.05) is 41.3 Å². The number of aryl methyl sites for hydroxylation is 1. The molecule has 9 heteroatoms. The molecule has 3 N–H and O–H groups in total. The first-order valence-corrected chi connectivity index (χ1v) is 14.0. The molecule has 0 aliphatic carbocycles. The second-order valence-corrected chi connectivity index (χ2v) is 10.3. The number of anilines is 3. The number of nitrogens with zero attached hydrogens (tertiary/aromatic N) is 3. The van der Waals surface area contributed by atoms with Crippen LogP contribution in [0.15, 0.2) is 102 Å². The van der Waals surface area contributed by atoms with Gasteiger partial charge in [0.15, 0.2) is 5.76 Å². The largest absolute Gasteiger partial charge is 0.459 e. The summed E-state index contributed by atoms with van der Waals surface area (Å²) in [5.41, 5.74) is 7.25. The number of hydrogen-bond acceptors (Lipinski definition) is 6. The first kappa shape index (κ1) is 26.9. The smallest absolute Gasteiger partial charge is 0.291 e. The molecule has 2 amide bonds. The number of hydrogen-bond donors (Lipinski definition) is 3. The predicted molar refractivity (Wildman–Crippen MR) is 164 cm³/mol. The lowest BCUT2D eigenvalue weighted by atomic mass is 10.1. The molecule has 1 aliphatic heterocycles. The minimum Gasteiger partial charge on any atom is -0.459 e. The van der Waals surface area contributed by atoms with Gasteiger partial charge in [-0.1, -0.05) is 36.4 Å². The van der Waals surface area contributed by atoms with Gasteiger partial charge >= 0.3 is 0 Å². The summed E-state index contributed by atoms with van der Waals surface area (Å²) >= 11 is 0. The van der Waals surface area contributed by atoms with Crippen molar-refractivity contribution in [3.63, 3.8) is 0 Å². The molecular weight excluding hydrogens is 528 g/mol. The van der Waals surface area contributed by atoms with E-state index >= 15 is 0 Å². The van der Waals surface area contributed by atoms with Crippen LogP contribution in [0.1, 0.15) is 32.0 Å². The zero-order valence-corrected chi connectivity index (χ0v) is 23.3. The molecule has 9 nitrogen and oxygen atoms in total. The predicted octanol–water partition coefficient (Wildman–Crippen LogP) is 5.49. The number of furan rings is 1. The minimum absolute atomic E-state index is 0.206. The minimum atomic E-state index is -0.368. The molecule has 3 heterocycles. The second-order valence-electron chi connectivity index (χ2n) is 10.3. The zero-order chi connectivity index (χ0) is 28.9. The van der Waals surface area contributed by atoms with E-state index in [4.69, 9.17) is 4.42 Å². The number of aromatic nitrogens is 2. The molecule has 0 bridgehead atoms. The Bertz CT molecular complexity index is 1670. The molecule has 3 aromatic carbocycles. The second kappa shape index (κ2) is 12.1. The molecule has 1 aliphatic rings. The van der Waals surface area contributed by atoms with E-state index in [1.54, 1.807) is 30.7 Å². The molecule has 0 radical (unpaired) electrons. The van der Waals surface area contributed by atoms with E-state index in [2.05, 4.69) is 61.6 Å². The molecule has 5 aromatic rings. The van der Waals surface area contributed by atoms with Gasteiger partial charge in [-0.05, 0) is 66.1 Å². The number of para-hydroxylation sites is 1. The van der Waals surface area contributed by atoms with Gasteiger partial charge in [-0.25, -0.2) is 4.98 Å². The number of carbonyl (C=O) groups excluding carboxylic acids is 2. The van der Waals surface area contributed by atoms with E-state index in [0.29, 0.717) is 17.8 Å². The maximum atomic E-state index is 13.2. The summed E-state index contributed by atoms with van der Waals surface area (Å²) < 4.78 is 5.31. The Morgan fingerprint density at radius 2 is 1.69 bits per heavy atom. The van der Waals surface area contributed by atoms with Gasteiger partial charge < -0.3 is 29.8 Å². The highest BCUT2D eigenvalue weighted by Crippen LogP contribution is 2.30. The van der Waals surface area contributed by atoms with Crippen LogP contribution in [0.5, 0.6) is 0 Å². The summed E-state index contributed by atoms with van der Waals surface area (Å²) in [5.74, 6) is -0.392. The fourth-order valence-corrected chi connectivity index (χ4v) is 5.30. The average Bonchev–Trinajstić information content (AvgIpc) is 3.76. The number of imidazole rings is 1. The Hall–Kier alpha value is -5.31. The van der Waals surface area contributed by atoms with Crippen molar-refractivity contribution in [2.24, 2.45) is 0 Å². The molecule has 42 heavy (non-hydrogen) atoms. The molecular formula is C33H32N6O3. The van der Waals surface area contributed by atoms with Crippen LogP contribution in [0.3, 0.4) is 0 Å². The van der Waals surface area contributed by atoms with Crippen molar-refractivity contribution in [1.29, 1.82) is 0 Å². The third-order valence-electron chi connectivity index (χ3n) is 7.52. The van der Waals surface area contributed by atoms with Crippen molar-refractivity contribution >= 4 is 28.9 Å². The zero-order valence-electron chi connectivity index (χ0n) is 23.3.